The Morgan fingerprint density at radius 3 is 2.32 bits per heavy atom. The molecule has 0 aliphatic heterocycles. The van der Waals surface area contributed by atoms with Crippen LogP contribution < -0.4 is 9.47 Å². The highest BCUT2D eigenvalue weighted by atomic mass is 16.5. The Morgan fingerprint density at radius 2 is 1.68 bits per heavy atom. The van der Waals surface area contributed by atoms with Gasteiger partial charge in [0.2, 0.25) is 0 Å². The van der Waals surface area contributed by atoms with Crippen molar-refractivity contribution >= 4 is 5.97 Å². The van der Waals surface area contributed by atoms with Crippen LogP contribution in [0.1, 0.15) is 58.6 Å². The molecule has 1 fully saturated rings. The first-order chi connectivity index (χ1) is 15.1. The molecule has 1 saturated carbocycles. The van der Waals surface area contributed by atoms with Crippen LogP contribution in [0.25, 0.3) is 0 Å². The normalized spacial score (nSPS) is 14.9. The number of benzene rings is 2. The monoisotopic (exact) mass is 417 g/mol. The van der Waals surface area contributed by atoms with E-state index >= 15 is 0 Å². The molecule has 1 atom stereocenters. The second kappa shape index (κ2) is 9.65. The van der Waals surface area contributed by atoms with Crippen LogP contribution in [0.15, 0.2) is 67.0 Å². The molecule has 1 aromatic heterocycles. The molecule has 1 aliphatic carbocycles. The molecule has 0 radical (unpaired) electrons. The lowest BCUT2D eigenvalue weighted by atomic mass is 9.85. The fraction of sp³-hybridized carbons (Fsp3) is 0.308. The van der Waals surface area contributed by atoms with Crippen molar-refractivity contribution in [2.45, 2.75) is 44.1 Å². The number of carboxylic acids is 1. The topological polar surface area (TPSA) is 68.7 Å². The highest BCUT2D eigenvalue weighted by Crippen LogP contribution is 2.37. The first-order valence-corrected chi connectivity index (χ1v) is 10.7. The zero-order valence-electron chi connectivity index (χ0n) is 17.7. The summed E-state index contributed by atoms with van der Waals surface area (Å²) in [6, 6.07) is 17.3. The van der Waals surface area contributed by atoms with Gasteiger partial charge in [0.25, 0.3) is 0 Å². The summed E-state index contributed by atoms with van der Waals surface area (Å²) >= 11 is 0. The molecule has 3 aromatic rings. The number of methoxy groups -OCH3 is 1. The number of pyridine rings is 1. The van der Waals surface area contributed by atoms with Crippen molar-refractivity contribution in [2.75, 3.05) is 7.11 Å². The molecule has 0 amide bonds. The van der Waals surface area contributed by atoms with E-state index in [9.17, 15) is 9.90 Å². The minimum absolute atomic E-state index is 0.0436. The molecule has 31 heavy (non-hydrogen) atoms. The summed E-state index contributed by atoms with van der Waals surface area (Å²) in [4.78, 5) is 15.4. The molecule has 160 valence electrons. The predicted molar refractivity (Wildman–Crippen MR) is 119 cm³/mol. The van der Waals surface area contributed by atoms with Gasteiger partial charge in [-0.3, -0.25) is 4.98 Å². The lowest BCUT2D eigenvalue weighted by Crippen LogP contribution is -2.12. The van der Waals surface area contributed by atoms with E-state index in [-0.39, 0.29) is 17.6 Å². The molecular weight excluding hydrogens is 390 g/mol. The molecule has 4 rings (SSSR count). The number of aromatic carboxylic acids is 1. The van der Waals surface area contributed by atoms with Crippen LogP contribution >= 0.6 is 0 Å². The van der Waals surface area contributed by atoms with Gasteiger partial charge in [-0.25, -0.2) is 4.79 Å². The summed E-state index contributed by atoms with van der Waals surface area (Å²) in [6.45, 7) is 0. The lowest BCUT2D eigenvalue weighted by Gasteiger charge is -2.22. The second-order valence-corrected chi connectivity index (χ2v) is 7.97. The van der Waals surface area contributed by atoms with Crippen LogP contribution in [0, 0.1) is 0 Å². The molecule has 0 spiro atoms. The van der Waals surface area contributed by atoms with Crippen LogP contribution in [-0.2, 0) is 6.42 Å². The summed E-state index contributed by atoms with van der Waals surface area (Å²) in [5.74, 6) is 0.629. The van der Waals surface area contributed by atoms with Crippen molar-refractivity contribution in [1.82, 2.24) is 4.98 Å². The molecule has 5 nitrogen and oxygen atoms in total. The number of rotatable bonds is 8. The summed E-state index contributed by atoms with van der Waals surface area (Å²) in [6.07, 6.45) is 9.14. The van der Waals surface area contributed by atoms with Gasteiger partial charge in [-0.15, -0.1) is 0 Å². The first kappa shape index (κ1) is 20.9. The van der Waals surface area contributed by atoms with Crippen LogP contribution in [0.5, 0.6) is 11.5 Å². The summed E-state index contributed by atoms with van der Waals surface area (Å²) < 4.78 is 11.9. The van der Waals surface area contributed by atoms with Crippen LogP contribution in [-0.4, -0.2) is 29.3 Å². The Hall–Kier alpha value is -3.34. The van der Waals surface area contributed by atoms with E-state index in [2.05, 4.69) is 17.1 Å². The quantitative estimate of drug-likeness (QED) is 0.525. The van der Waals surface area contributed by atoms with Crippen molar-refractivity contribution < 1.29 is 19.4 Å². The third-order valence-corrected chi connectivity index (χ3v) is 5.94. The Labute approximate surface area is 182 Å². The van der Waals surface area contributed by atoms with Crippen molar-refractivity contribution in [3.8, 4) is 11.5 Å². The highest BCUT2D eigenvalue weighted by molar-refractivity contribution is 5.87. The minimum atomic E-state index is -0.922. The number of aromatic nitrogens is 1. The molecule has 2 aromatic carbocycles. The van der Waals surface area contributed by atoms with E-state index in [0.717, 1.165) is 47.5 Å². The zero-order valence-corrected chi connectivity index (χ0v) is 17.7. The van der Waals surface area contributed by atoms with Crippen molar-refractivity contribution in [1.29, 1.82) is 0 Å². The molecule has 1 heterocycles. The Bertz CT molecular complexity index is 1010. The van der Waals surface area contributed by atoms with Gasteiger partial charge in [0.1, 0.15) is 0 Å². The average Bonchev–Trinajstić information content (AvgIpc) is 3.31. The molecule has 0 saturated heterocycles. The molecule has 1 N–H and O–H groups in total. The third kappa shape index (κ3) is 5.05. The summed E-state index contributed by atoms with van der Waals surface area (Å²) in [7, 11) is 1.66. The van der Waals surface area contributed by atoms with E-state index in [1.165, 1.54) is 12.8 Å². The lowest BCUT2D eigenvalue weighted by molar-refractivity contribution is 0.0697. The number of hydrogen-bond donors (Lipinski definition) is 1. The van der Waals surface area contributed by atoms with Gasteiger partial charge in [-0.2, -0.15) is 0 Å². The van der Waals surface area contributed by atoms with E-state index < -0.39 is 5.97 Å². The number of carbonyl (C=O) groups is 1. The first-order valence-electron chi connectivity index (χ1n) is 10.7. The largest absolute Gasteiger partial charge is 0.493 e. The zero-order chi connectivity index (χ0) is 21.6. The molecular formula is C26H27NO4. The second-order valence-electron chi connectivity index (χ2n) is 7.97. The Morgan fingerprint density at radius 1 is 1.00 bits per heavy atom. The predicted octanol–water partition coefficient (Wildman–Crippen LogP) is 5.48. The molecule has 0 bridgehead atoms. The van der Waals surface area contributed by atoms with Gasteiger partial charge >= 0.3 is 5.97 Å². The van der Waals surface area contributed by atoms with Gasteiger partial charge in [-0.05, 0) is 85.2 Å². The van der Waals surface area contributed by atoms with Gasteiger partial charge in [-0.1, -0.05) is 18.2 Å². The molecule has 0 unspecified atom stereocenters. The van der Waals surface area contributed by atoms with Crippen molar-refractivity contribution in [3.05, 3.63) is 89.2 Å². The Balaban J connectivity index is 1.70. The number of carboxylic acid groups (broad SMARTS) is 1. The summed E-state index contributed by atoms with van der Waals surface area (Å²) in [5, 5.41) is 9.26. The smallest absolute Gasteiger partial charge is 0.335 e. The minimum Gasteiger partial charge on any atom is -0.493 e. The number of ether oxygens (including phenoxy) is 2. The van der Waals surface area contributed by atoms with Crippen molar-refractivity contribution in [3.63, 3.8) is 0 Å². The maximum Gasteiger partial charge on any atom is 0.335 e. The third-order valence-electron chi connectivity index (χ3n) is 5.94. The Kier molecular flexibility index (Phi) is 6.51. The van der Waals surface area contributed by atoms with Crippen LogP contribution in [0.2, 0.25) is 0 Å². The van der Waals surface area contributed by atoms with E-state index in [4.69, 9.17) is 9.47 Å². The average molecular weight is 418 g/mol. The van der Waals surface area contributed by atoms with Gasteiger partial charge in [0.15, 0.2) is 11.5 Å². The maximum atomic E-state index is 11.3. The van der Waals surface area contributed by atoms with Gasteiger partial charge < -0.3 is 14.6 Å². The summed E-state index contributed by atoms with van der Waals surface area (Å²) in [5.41, 5.74) is 3.61. The van der Waals surface area contributed by atoms with Crippen molar-refractivity contribution in [2.24, 2.45) is 0 Å². The van der Waals surface area contributed by atoms with Crippen LogP contribution in [0.4, 0.5) is 0 Å². The van der Waals surface area contributed by atoms with E-state index in [1.807, 2.05) is 30.3 Å². The van der Waals surface area contributed by atoms with Gasteiger partial charge in [0, 0.05) is 18.3 Å². The van der Waals surface area contributed by atoms with Crippen LogP contribution in [0.3, 0.4) is 0 Å². The SMILES string of the molecule is COc1ccc([C@H](Cc2ccncc2)c2ccc(C(=O)O)cc2)cc1OC1CCCC1. The number of hydrogen-bond acceptors (Lipinski definition) is 4. The molecule has 5 heteroatoms. The standard InChI is InChI=1S/C26H27NO4/c1-30-24-11-10-21(17-25(24)31-22-4-2-3-5-22)23(16-18-12-14-27-15-13-18)19-6-8-20(9-7-19)26(28)29/h6-15,17,22-23H,2-5,16H2,1H3,(H,28,29)/t23-/m1/s1. The fourth-order valence-corrected chi connectivity index (χ4v) is 4.23. The maximum absolute atomic E-state index is 11.3. The fourth-order valence-electron chi connectivity index (χ4n) is 4.23. The van der Waals surface area contributed by atoms with Gasteiger partial charge in [0.05, 0.1) is 18.8 Å². The highest BCUT2D eigenvalue weighted by Gasteiger charge is 2.21. The van der Waals surface area contributed by atoms with E-state index in [1.54, 1.807) is 31.6 Å². The molecule has 1 aliphatic rings. The van der Waals surface area contributed by atoms with E-state index in [0.29, 0.717) is 0 Å². The number of nitrogens with zero attached hydrogens (tertiary/aromatic N) is 1.